The van der Waals surface area contributed by atoms with E-state index in [1.54, 1.807) is 11.3 Å². The predicted octanol–water partition coefficient (Wildman–Crippen LogP) is 2.43. The summed E-state index contributed by atoms with van der Waals surface area (Å²) < 4.78 is 1.18. The minimum atomic E-state index is -0.0191. The largest absolute Gasteiger partial charge is 0.355 e. The summed E-state index contributed by atoms with van der Waals surface area (Å²) in [6, 6.07) is 8.07. The standard InChI is InChI=1S/C14H15N5OS2/c1-9(13-18-10-4-2-3-5-11(10)22-13)6-15-12(20)7-21-14-16-8-17-19-14/h2-5,8-9H,6-7H2,1H3,(H,15,20)(H,16,17,19). The lowest BCUT2D eigenvalue weighted by molar-refractivity contribution is -0.118. The summed E-state index contributed by atoms with van der Waals surface area (Å²) in [5, 5.41) is 11.1. The van der Waals surface area contributed by atoms with Gasteiger partial charge in [0.2, 0.25) is 5.91 Å². The lowest BCUT2D eigenvalue weighted by Crippen LogP contribution is -2.29. The van der Waals surface area contributed by atoms with E-state index in [-0.39, 0.29) is 11.8 Å². The Labute approximate surface area is 135 Å². The number of thiazole rings is 1. The third-order valence-corrected chi connectivity index (χ3v) is 5.21. The smallest absolute Gasteiger partial charge is 0.230 e. The van der Waals surface area contributed by atoms with Gasteiger partial charge in [0.25, 0.3) is 0 Å². The fraction of sp³-hybridized carbons (Fsp3) is 0.286. The maximum absolute atomic E-state index is 11.8. The van der Waals surface area contributed by atoms with Crippen molar-refractivity contribution in [3.63, 3.8) is 0 Å². The van der Waals surface area contributed by atoms with Crippen molar-refractivity contribution in [3.05, 3.63) is 35.6 Å². The van der Waals surface area contributed by atoms with Crippen LogP contribution in [0.3, 0.4) is 0 Å². The molecule has 0 aliphatic carbocycles. The van der Waals surface area contributed by atoms with Crippen molar-refractivity contribution in [1.82, 2.24) is 25.5 Å². The van der Waals surface area contributed by atoms with Crippen molar-refractivity contribution in [2.45, 2.75) is 18.0 Å². The minimum Gasteiger partial charge on any atom is -0.355 e. The van der Waals surface area contributed by atoms with E-state index in [4.69, 9.17) is 0 Å². The summed E-state index contributed by atoms with van der Waals surface area (Å²) in [6.45, 7) is 2.65. The molecule has 0 radical (unpaired) electrons. The SMILES string of the molecule is CC(CNC(=O)CSc1ncn[nH]1)c1nc2ccccc2s1. The molecular weight excluding hydrogens is 318 g/mol. The lowest BCUT2D eigenvalue weighted by Gasteiger charge is -2.09. The summed E-state index contributed by atoms with van der Waals surface area (Å²) in [7, 11) is 0. The van der Waals surface area contributed by atoms with Crippen molar-refractivity contribution in [2.24, 2.45) is 0 Å². The zero-order valence-electron chi connectivity index (χ0n) is 11.9. The molecule has 0 fully saturated rings. The number of aromatic amines is 1. The molecular formula is C14H15N5OS2. The van der Waals surface area contributed by atoms with Crippen LogP contribution in [0.15, 0.2) is 35.7 Å². The van der Waals surface area contributed by atoms with Crippen LogP contribution in [0.2, 0.25) is 0 Å². The summed E-state index contributed by atoms with van der Waals surface area (Å²) in [5.74, 6) is 0.493. The zero-order valence-corrected chi connectivity index (χ0v) is 13.6. The van der Waals surface area contributed by atoms with Gasteiger partial charge in [-0.05, 0) is 12.1 Å². The van der Waals surface area contributed by atoms with Gasteiger partial charge < -0.3 is 5.32 Å². The van der Waals surface area contributed by atoms with Crippen LogP contribution in [0, 0.1) is 0 Å². The molecule has 3 rings (SSSR count). The molecule has 1 atom stereocenters. The second kappa shape index (κ2) is 6.89. The first kappa shape index (κ1) is 15.0. The van der Waals surface area contributed by atoms with Gasteiger partial charge in [-0.3, -0.25) is 9.89 Å². The predicted molar refractivity (Wildman–Crippen MR) is 88.2 cm³/mol. The summed E-state index contributed by atoms with van der Waals surface area (Å²) in [4.78, 5) is 20.4. The highest BCUT2D eigenvalue weighted by molar-refractivity contribution is 7.99. The van der Waals surface area contributed by atoms with Gasteiger partial charge in [-0.25, -0.2) is 9.97 Å². The van der Waals surface area contributed by atoms with Crippen LogP contribution >= 0.6 is 23.1 Å². The number of hydrogen-bond acceptors (Lipinski definition) is 6. The molecule has 1 unspecified atom stereocenters. The molecule has 2 N–H and O–H groups in total. The average molecular weight is 333 g/mol. The van der Waals surface area contributed by atoms with E-state index in [2.05, 4.69) is 38.5 Å². The molecule has 0 bridgehead atoms. The fourth-order valence-corrected chi connectivity index (χ4v) is 3.53. The number of thioether (sulfide) groups is 1. The molecule has 6 nitrogen and oxygen atoms in total. The van der Waals surface area contributed by atoms with Crippen LogP contribution in [-0.2, 0) is 4.79 Å². The average Bonchev–Trinajstić information content (AvgIpc) is 3.19. The van der Waals surface area contributed by atoms with E-state index < -0.39 is 0 Å². The number of nitrogens with zero attached hydrogens (tertiary/aromatic N) is 3. The van der Waals surface area contributed by atoms with Gasteiger partial charge in [0.15, 0.2) is 5.16 Å². The number of carbonyl (C=O) groups excluding carboxylic acids is 1. The maximum atomic E-state index is 11.8. The number of carbonyl (C=O) groups is 1. The number of aromatic nitrogens is 4. The number of benzene rings is 1. The number of hydrogen-bond donors (Lipinski definition) is 2. The lowest BCUT2D eigenvalue weighted by atomic mass is 10.2. The Hall–Kier alpha value is -1.93. The molecule has 8 heteroatoms. The molecule has 22 heavy (non-hydrogen) atoms. The Balaban J connectivity index is 1.51. The van der Waals surface area contributed by atoms with Gasteiger partial charge in [-0.1, -0.05) is 30.8 Å². The van der Waals surface area contributed by atoms with E-state index in [1.165, 1.54) is 22.8 Å². The normalized spacial score (nSPS) is 12.4. The molecule has 1 amide bonds. The highest BCUT2D eigenvalue weighted by atomic mass is 32.2. The van der Waals surface area contributed by atoms with Gasteiger partial charge in [-0.15, -0.1) is 11.3 Å². The van der Waals surface area contributed by atoms with Crippen molar-refractivity contribution in [1.29, 1.82) is 0 Å². The summed E-state index contributed by atoms with van der Waals surface area (Å²) in [6.07, 6.45) is 1.43. The number of H-pyrrole nitrogens is 1. The second-order valence-corrected chi connectivity index (χ2v) is 6.83. The number of para-hydroxylation sites is 1. The fourth-order valence-electron chi connectivity index (χ4n) is 1.90. The molecule has 0 aliphatic rings. The Kier molecular flexibility index (Phi) is 4.69. The van der Waals surface area contributed by atoms with Crippen LogP contribution in [0.4, 0.5) is 0 Å². The first-order valence-corrected chi connectivity index (χ1v) is 8.63. The molecule has 0 saturated heterocycles. The highest BCUT2D eigenvalue weighted by Crippen LogP contribution is 2.26. The molecule has 2 aromatic heterocycles. The zero-order chi connectivity index (χ0) is 15.4. The quantitative estimate of drug-likeness (QED) is 0.677. The van der Waals surface area contributed by atoms with E-state index in [1.807, 2.05) is 18.2 Å². The van der Waals surface area contributed by atoms with Crippen molar-refractivity contribution >= 4 is 39.2 Å². The van der Waals surface area contributed by atoms with Crippen LogP contribution in [0.5, 0.6) is 0 Å². The van der Waals surface area contributed by atoms with Crippen molar-refractivity contribution < 1.29 is 4.79 Å². The second-order valence-electron chi connectivity index (χ2n) is 4.80. The van der Waals surface area contributed by atoms with Crippen molar-refractivity contribution in [3.8, 4) is 0 Å². The number of rotatable bonds is 6. The van der Waals surface area contributed by atoms with Gasteiger partial charge in [0.05, 0.1) is 21.0 Å². The Morgan fingerprint density at radius 2 is 2.32 bits per heavy atom. The number of fused-ring (bicyclic) bond motifs is 1. The Bertz CT molecular complexity index is 723. The Morgan fingerprint density at radius 3 is 3.09 bits per heavy atom. The van der Waals surface area contributed by atoms with Gasteiger partial charge in [0, 0.05) is 12.5 Å². The number of nitrogens with one attached hydrogen (secondary N) is 2. The van der Waals surface area contributed by atoms with Crippen LogP contribution < -0.4 is 5.32 Å². The topological polar surface area (TPSA) is 83.6 Å². The first-order chi connectivity index (χ1) is 10.7. The minimum absolute atomic E-state index is 0.0191. The molecule has 3 aromatic rings. The third kappa shape index (κ3) is 3.63. The van der Waals surface area contributed by atoms with Crippen molar-refractivity contribution in [2.75, 3.05) is 12.3 Å². The van der Waals surface area contributed by atoms with Crippen LogP contribution in [-0.4, -0.2) is 38.4 Å². The third-order valence-electron chi connectivity index (χ3n) is 3.07. The van der Waals surface area contributed by atoms with Gasteiger partial charge in [-0.2, -0.15) is 5.10 Å². The van der Waals surface area contributed by atoms with E-state index in [0.717, 1.165) is 10.5 Å². The Morgan fingerprint density at radius 1 is 1.45 bits per heavy atom. The molecule has 1 aromatic carbocycles. The monoisotopic (exact) mass is 333 g/mol. The number of amides is 1. The van der Waals surface area contributed by atoms with Gasteiger partial charge in [0.1, 0.15) is 6.33 Å². The molecule has 114 valence electrons. The van der Waals surface area contributed by atoms with Crippen LogP contribution in [0.25, 0.3) is 10.2 Å². The molecule has 0 aliphatic heterocycles. The molecule has 0 spiro atoms. The maximum Gasteiger partial charge on any atom is 0.230 e. The van der Waals surface area contributed by atoms with Gasteiger partial charge >= 0.3 is 0 Å². The molecule has 2 heterocycles. The van der Waals surface area contributed by atoms with E-state index in [0.29, 0.717) is 17.5 Å². The highest BCUT2D eigenvalue weighted by Gasteiger charge is 2.13. The summed E-state index contributed by atoms with van der Waals surface area (Å²) in [5.41, 5.74) is 1.02. The van der Waals surface area contributed by atoms with E-state index in [9.17, 15) is 4.79 Å². The first-order valence-electron chi connectivity index (χ1n) is 6.82. The molecule has 0 saturated carbocycles. The van der Waals surface area contributed by atoms with Crippen LogP contribution in [0.1, 0.15) is 17.8 Å². The van der Waals surface area contributed by atoms with E-state index >= 15 is 0 Å². The summed E-state index contributed by atoms with van der Waals surface area (Å²) >= 11 is 3.01.